The highest BCUT2D eigenvalue weighted by molar-refractivity contribution is 6.10. The number of alkyl halides is 3. The SMILES string of the molecule is COc1cccc(NC(=O)c2ccc(C(F)(F)F)cc2C(=O)OC(C)(C)C)n1. The predicted molar refractivity (Wildman–Crippen MR) is 95.4 cm³/mol. The zero-order chi connectivity index (χ0) is 21.1. The third kappa shape index (κ3) is 5.45. The van der Waals surface area contributed by atoms with E-state index in [1.807, 2.05) is 0 Å². The van der Waals surface area contributed by atoms with Crippen LogP contribution in [-0.2, 0) is 10.9 Å². The Morgan fingerprint density at radius 3 is 2.29 bits per heavy atom. The summed E-state index contributed by atoms with van der Waals surface area (Å²) in [6, 6.07) is 6.85. The van der Waals surface area contributed by atoms with Gasteiger partial charge in [0.05, 0.1) is 23.8 Å². The van der Waals surface area contributed by atoms with E-state index in [4.69, 9.17) is 9.47 Å². The lowest BCUT2D eigenvalue weighted by atomic mass is 10.0. The number of hydrogen-bond acceptors (Lipinski definition) is 5. The van der Waals surface area contributed by atoms with E-state index in [9.17, 15) is 22.8 Å². The first kappa shape index (κ1) is 21.2. The zero-order valence-corrected chi connectivity index (χ0v) is 15.7. The lowest BCUT2D eigenvalue weighted by Gasteiger charge is -2.21. The quantitative estimate of drug-likeness (QED) is 0.779. The Morgan fingerprint density at radius 2 is 1.71 bits per heavy atom. The average molecular weight is 396 g/mol. The maximum atomic E-state index is 13.1. The third-order valence-electron chi connectivity index (χ3n) is 3.38. The first-order chi connectivity index (χ1) is 12.9. The minimum atomic E-state index is -4.68. The standard InChI is InChI=1S/C19H19F3N2O4/c1-18(2,3)28-17(26)13-10-11(19(20,21)22)8-9-12(13)16(25)24-14-6-5-7-15(23-14)27-4/h5-10H,1-4H3,(H,23,24,25). The van der Waals surface area contributed by atoms with Crippen molar-refractivity contribution in [2.45, 2.75) is 32.5 Å². The van der Waals surface area contributed by atoms with E-state index in [0.717, 1.165) is 12.1 Å². The Balaban J connectivity index is 2.43. The fourth-order valence-electron chi connectivity index (χ4n) is 2.20. The number of hydrogen-bond donors (Lipinski definition) is 1. The van der Waals surface area contributed by atoms with Crippen LogP contribution in [0.2, 0.25) is 0 Å². The first-order valence-corrected chi connectivity index (χ1v) is 8.18. The van der Waals surface area contributed by atoms with Crippen molar-refractivity contribution < 1.29 is 32.2 Å². The van der Waals surface area contributed by atoms with Crippen LogP contribution >= 0.6 is 0 Å². The number of amides is 1. The van der Waals surface area contributed by atoms with E-state index in [2.05, 4.69) is 10.3 Å². The molecule has 6 nitrogen and oxygen atoms in total. The molecular formula is C19H19F3N2O4. The molecule has 1 aromatic carbocycles. The van der Waals surface area contributed by atoms with Gasteiger partial charge < -0.3 is 14.8 Å². The molecule has 1 aromatic heterocycles. The number of anilines is 1. The van der Waals surface area contributed by atoms with Gasteiger partial charge in [0.25, 0.3) is 5.91 Å². The summed E-state index contributed by atoms with van der Waals surface area (Å²) < 4.78 is 49.3. The van der Waals surface area contributed by atoms with Crippen molar-refractivity contribution in [2.24, 2.45) is 0 Å². The van der Waals surface area contributed by atoms with Crippen molar-refractivity contribution in [3.63, 3.8) is 0 Å². The summed E-state index contributed by atoms with van der Waals surface area (Å²) in [4.78, 5) is 29.0. The number of carbonyl (C=O) groups excluding carboxylic acids is 2. The van der Waals surface area contributed by atoms with E-state index in [-0.39, 0.29) is 17.3 Å². The fraction of sp³-hybridized carbons (Fsp3) is 0.316. The van der Waals surface area contributed by atoms with Gasteiger partial charge in [-0.1, -0.05) is 6.07 Å². The Morgan fingerprint density at radius 1 is 1.04 bits per heavy atom. The maximum absolute atomic E-state index is 13.1. The number of carbonyl (C=O) groups is 2. The summed E-state index contributed by atoms with van der Waals surface area (Å²) in [6.07, 6.45) is -4.68. The molecule has 0 unspecified atom stereocenters. The van der Waals surface area contributed by atoms with Crippen LogP contribution in [0.4, 0.5) is 19.0 Å². The van der Waals surface area contributed by atoms with Gasteiger partial charge >= 0.3 is 12.1 Å². The summed E-state index contributed by atoms with van der Waals surface area (Å²) >= 11 is 0. The van der Waals surface area contributed by atoms with Gasteiger partial charge in [0.2, 0.25) is 5.88 Å². The Kier molecular flexibility index (Phi) is 5.96. The number of aromatic nitrogens is 1. The van der Waals surface area contributed by atoms with Gasteiger partial charge in [-0.25, -0.2) is 4.79 Å². The topological polar surface area (TPSA) is 77.5 Å². The van der Waals surface area contributed by atoms with Crippen LogP contribution in [0, 0.1) is 0 Å². The average Bonchev–Trinajstić information content (AvgIpc) is 2.59. The highest BCUT2D eigenvalue weighted by atomic mass is 19.4. The van der Waals surface area contributed by atoms with Crippen LogP contribution in [0.5, 0.6) is 5.88 Å². The smallest absolute Gasteiger partial charge is 0.416 e. The number of esters is 1. The normalized spacial score (nSPS) is 11.7. The molecule has 0 atom stereocenters. The minimum Gasteiger partial charge on any atom is -0.481 e. The largest absolute Gasteiger partial charge is 0.481 e. The molecule has 0 aliphatic carbocycles. The van der Waals surface area contributed by atoms with Crippen molar-refractivity contribution in [2.75, 3.05) is 12.4 Å². The predicted octanol–water partition coefficient (Wildman–Crippen LogP) is 4.32. The molecule has 9 heteroatoms. The molecule has 150 valence electrons. The molecule has 0 saturated carbocycles. The van der Waals surface area contributed by atoms with Crippen LogP contribution in [-0.4, -0.2) is 29.6 Å². The van der Waals surface area contributed by atoms with E-state index >= 15 is 0 Å². The van der Waals surface area contributed by atoms with E-state index in [0.29, 0.717) is 6.07 Å². The van der Waals surface area contributed by atoms with Gasteiger partial charge in [-0.15, -0.1) is 0 Å². The summed E-state index contributed by atoms with van der Waals surface area (Å²) in [5, 5.41) is 2.43. The number of halogens is 3. The lowest BCUT2D eigenvalue weighted by molar-refractivity contribution is -0.137. The molecule has 0 fully saturated rings. The number of pyridine rings is 1. The van der Waals surface area contributed by atoms with Crippen LogP contribution in [0.1, 0.15) is 47.1 Å². The Hall–Kier alpha value is -3.10. The number of rotatable bonds is 4. The fourth-order valence-corrected chi connectivity index (χ4v) is 2.20. The molecule has 1 heterocycles. The molecule has 0 aliphatic rings. The second-order valence-corrected chi connectivity index (χ2v) is 6.78. The van der Waals surface area contributed by atoms with E-state index < -0.39 is 34.8 Å². The summed E-state index contributed by atoms with van der Waals surface area (Å²) in [7, 11) is 1.39. The minimum absolute atomic E-state index is 0.111. The number of methoxy groups -OCH3 is 1. The van der Waals surface area contributed by atoms with Crippen molar-refractivity contribution in [1.29, 1.82) is 0 Å². The molecular weight excluding hydrogens is 377 g/mol. The molecule has 28 heavy (non-hydrogen) atoms. The number of nitrogens with one attached hydrogen (secondary N) is 1. The summed E-state index contributed by atoms with van der Waals surface area (Å²) in [6.45, 7) is 4.70. The maximum Gasteiger partial charge on any atom is 0.416 e. The highest BCUT2D eigenvalue weighted by Crippen LogP contribution is 2.31. The van der Waals surface area contributed by atoms with Crippen molar-refractivity contribution >= 4 is 17.7 Å². The molecule has 1 amide bonds. The highest BCUT2D eigenvalue weighted by Gasteiger charge is 2.33. The zero-order valence-electron chi connectivity index (χ0n) is 15.7. The molecule has 0 saturated heterocycles. The molecule has 2 aromatic rings. The number of nitrogens with zero attached hydrogens (tertiary/aromatic N) is 1. The van der Waals surface area contributed by atoms with E-state index in [1.54, 1.807) is 32.9 Å². The van der Waals surface area contributed by atoms with Crippen LogP contribution in [0.25, 0.3) is 0 Å². The van der Waals surface area contributed by atoms with Crippen molar-refractivity contribution in [3.05, 3.63) is 53.1 Å². The van der Waals surface area contributed by atoms with Gasteiger partial charge in [0.1, 0.15) is 11.4 Å². The van der Waals surface area contributed by atoms with Crippen LogP contribution < -0.4 is 10.1 Å². The van der Waals surface area contributed by atoms with Crippen molar-refractivity contribution in [3.8, 4) is 5.88 Å². The van der Waals surface area contributed by atoms with Gasteiger partial charge in [0.15, 0.2) is 0 Å². The van der Waals surface area contributed by atoms with E-state index in [1.165, 1.54) is 13.2 Å². The van der Waals surface area contributed by atoms with Gasteiger partial charge in [-0.05, 0) is 45.0 Å². The monoisotopic (exact) mass is 396 g/mol. The second kappa shape index (κ2) is 7.87. The number of ether oxygens (including phenoxy) is 2. The second-order valence-electron chi connectivity index (χ2n) is 6.78. The molecule has 0 bridgehead atoms. The molecule has 1 N–H and O–H groups in total. The van der Waals surface area contributed by atoms with Crippen molar-refractivity contribution in [1.82, 2.24) is 4.98 Å². The van der Waals surface area contributed by atoms with Gasteiger partial charge in [0, 0.05) is 6.07 Å². The molecule has 0 radical (unpaired) electrons. The lowest BCUT2D eigenvalue weighted by Crippen LogP contribution is -2.26. The molecule has 0 spiro atoms. The van der Waals surface area contributed by atoms with Crippen LogP contribution in [0.3, 0.4) is 0 Å². The first-order valence-electron chi connectivity index (χ1n) is 8.18. The van der Waals surface area contributed by atoms with Gasteiger partial charge in [-0.3, -0.25) is 4.79 Å². The van der Waals surface area contributed by atoms with Gasteiger partial charge in [-0.2, -0.15) is 18.2 Å². The molecule has 2 rings (SSSR count). The van der Waals surface area contributed by atoms with Crippen LogP contribution in [0.15, 0.2) is 36.4 Å². The molecule has 0 aliphatic heterocycles. The Bertz CT molecular complexity index is 889. The number of benzene rings is 1. The third-order valence-corrected chi connectivity index (χ3v) is 3.38. The summed E-state index contributed by atoms with van der Waals surface area (Å²) in [5.74, 6) is -1.50. The summed E-state index contributed by atoms with van der Waals surface area (Å²) in [5.41, 5.74) is -2.78. The Labute approximate surface area is 159 Å².